The zero-order valence-electron chi connectivity index (χ0n) is 14.6. The lowest BCUT2D eigenvalue weighted by atomic mass is 10.1. The third-order valence-electron chi connectivity index (χ3n) is 4.08. The van der Waals surface area contributed by atoms with E-state index in [1.807, 2.05) is 0 Å². The third-order valence-corrected chi connectivity index (χ3v) is 4.08. The first-order valence-electron chi connectivity index (χ1n) is 8.16. The third kappa shape index (κ3) is 3.75. The fraction of sp³-hybridized carbons (Fsp3) is 0.167. The molecule has 2 amide bonds. The molecule has 1 heterocycles. The number of carboxylic acid groups (broad SMARTS) is 1. The summed E-state index contributed by atoms with van der Waals surface area (Å²) in [5.41, 5.74) is 0.335. The van der Waals surface area contributed by atoms with Gasteiger partial charge in [0.2, 0.25) is 5.91 Å². The summed E-state index contributed by atoms with van der Waals surface area (Å²) >= 11 is 0. The van der Waals surface area contributed by atoms with Crippen LogP contribution in [-0.4, -0.2) is 40.5 Å². The van der Waals surface area contributed by atoms with Crippen molar-refractivity contribution in [2.45, 2.75) is 13.0 Å². The molecule has 0 fully saturated rings. The Morgan fingerprint density at radius 2 is 1.93 bits per heavy atom. The molecule has 0 saturated carbocycles. The molecule has 0 bridgehead atoms. The second-order valence-electron chi connectivity index (χ2n) is 6.02. The Balaban J connectivity index is 1.81. The zero-order chi connectivity index (χ0) is 20.4. The smallest absolute Gasteiger partial charge is 0.335 e. The highest BCUT2D eigenvalue weighted by atomic mass is 16.6. The molecule has 0 aliphatic carbocycles. The molecular weight excluding hydrogens is 370 g/mol. The van der Waals surface area contributed by atoms with Crippen molar-refractivity contribution < 1.29 is 29.2 Å². The van der Waals surface area contributed by atoms with Gasteiger partial charge in [-0.05, 0) is 37.3 Å². The average Bonchev–Trinajstić information content (AvgIpc) is 2.65. The van der Waals surface area contributed by atoms with Gasteiger partial charge in [-0.1, -0.05) is 0 Å². The van der Waals surface area contributed by atoms with E-state index in [-0.39, 0.29) is 23.5 Å². The number of carbonyl (C=O) groups is 3. The van der Waals surface area contributed by atoms with E-state index in [1.165, 1.54) is 49.4 Å². The molecule has 3 rings (SSSR count). The van der Waals surface area contributed by atoms with Gasteiger partial charge in [-0.15, -0.1) is 0 Å². The van der Waals surface area contributed by atoms with E-state index in [0.29, 0.717) is 11.4 Å². The molecule has 2 aromatic carbocycles. The molecule has 1 atom stereocenters. The second kappa shape index (κ2) is 7.35. The van der Waals surface area contributed by atoms with Crippen molar-refractivity contribution in [1.29, 1.82) is 0 Å². The van der Waals surface area contributed by atoms with Gasteiger partial charge in [0, 0.05) is 17.8 Å². The lowest BCUT2D eigenvalue weighted by molar-refractivity contribution is -0.384. The van der Waals surface area contributed by atoms with Crippen molar-refractivity contribution in [2.75, 3.05) is 16.8 Å². The molecular formula is C18H15N3O7. The van der Waals surface area contributed by atoms with Crippen molar-refractivity contribution in [1.82, 2.24) is 0 Å². The van der Waals surface area contributed by atoms with Crippen LogP contribution in [0, 0.1) is 10.1 Å². The van der Waals surface area contributed by atoms with Crippen LogP contribution in [0.25, 0.3) is 0 Å². The van der Waals surface area contributed by atoms with Crippen molar-refractivity contribution in [3.8, 4) is 5.75 Å². The maximum absolute atomic E-state index is 12.5. The Morgan fingerprint density at radius 3 is 2.54 bits per heavy atom. The first-order valence-corrected chi connectivity index (χ1v) is 8.16. The number of nitrogens with zero attached hydrogens (tertiary/aromatic N) is 2. The Bertz CT molecular complexity index is 972. The highest BCUT2D eigenvalue weighted by molar-refractivity contribution is 6.06. The highest BCUT2D eigenvalue weighted by Gasteiger charge is 2.33. The number of nitro groups is 1. The van der Waals surface area contributed by atoms with Crippen LogP contribution in [0.2, 0.25) is 0 Å². The number of amides is 2. The minimum atomic E-state index is -1.18. The summed E-state index contributed by atoms with van der Waals surface area (Å²) in [6.45, 7) is 1.15. The molecule has 0 spiro atoms. The lowest BCUT2D eigenvalue weighted by Gasteiger charge is -2.32. The van der Waals surface area contributed by atoms with Crippen molar-refractivity contribution in [2.24, 2.45) is 0 Å². The van der Waals surface area contributed by atoms with Gasteiger partial charge in [0.25, 0.3) is 11.6 Å². The minimum absolute atomic E-state index is 0.0505. The number of ether oxygens (including phenoxy) is 1. The van der Waals surface area contributed by atoms with Crippen LogP contribution in [-0.2, 0) is 9.59 Å². The van der Waals surface area contributed by atoms with E-state index in [0.717, 1.165) is 4.90 Å². The number of aromatic carboxylic acids is 1. The minimum Gasteiger partial charge on any atom is -0.479 e. The summed E-state index contributed by atoms with van der Waals surface area (Å²) in [7, 11) is 0. The normalized spacial score (nSPS) is 15.4. The van der Waals surface area contributed by atoms with E-state index < -0.39 is 28.8 Å². The number of nitrogens with one attached hydrogen (secondary N) is 1. The standard InChI is InChI=1S/C18H15N3O7/c1-10-17(23)20(14-8-11(18(24)25)2-7-15(14)28-10)9-16(22)19-12-3-5-13(6-4-12)21(26)27/h2-8,10H,9H2,1H3,(H,19,22)(H,24,25). The Morgan fingerprint density at radius 1 is 1.25 bits per heavy atom. The van der Waals surface area contributed by atoms with Gasteiger partial charge < -0.3 is 15.2 Å². The molecule has 0 radical (unpaired) electrons. The van der Waals surface area contributed by atoms with Crippen molar-refractivity contribution in [3.63, 3.8) is 0 Å². The van der Waals surface area contributed by atoms with Crippen molar-refractivity contribution in [3.05, 3.63) is 58.1 Å². The summed E-state index contributed by atoms with van der Waals surface area (Å²) in [6, 6.07) is 9.27. The summed E-state index contributed by atoms with van der Waals surface area (Å²) in [5, 5.41) is 22.4. The SMILES string of the molecule is CC1Oc2ccc(C(=O)O)cc2N(CC(=O)Nc2ccc([N+](=O)[O-])cc2)C1=O. The summed E-state index contributed by atoms with van der Waals surface area (Å²) in [4.78, 5) is 47.3. The Kier molecular flexibility index (Phi) is 4.94. The lowest BCUT2D eigenvalue weighted by Crippen LogP contribution is -2.47. The molecule has 2 aromatic rings. The zero-order valence-corrected chi connectivity index (χ0v) is 14.6. The molecule has 28 heavy (non-hydrogen) atoms. The molecule has 1 aliphatic heterocycles. The van der Waals surface area contributed by atoms with Gasteiger partial charge in [0.05, 0.1) is 16.2 Å². The molecule has 0 saturated heterocycles. The molecule has 2 N–H and O–H groups in total. The molecule has 144 valence electrons. The maximum Gasteiger partial charge on any atom is 0.335 e. The molecule has 10 nitrogen and oxygen atoms in total. The largest absolute Gasteiger partial charge is 0.479 e. The average molecular weight is 385 g/mol. The molecule has 1 aliphatic rings. The van der Waals surface area contributed by atoms with Crippen LogP contribution in [0.15, 0.2) is 42.5 Å². The van der Waals surface area contributed by atoms with E-state index in [9.17, 15) is 24.5 Å². The van der Waals surface area contributed by atoms with Crippen LogP contribution in [0.5, 0.6) is 5.75 Å². The van der Waals surface area contributed by atoms with Crippen LogP contribution in [0.1, 0.15) is 17.3 Å². The monoisotopic (exact) mass is 385 g/mol. The van der Waals surface area contributed by atoms with Gasteiger partial charge >= 0.3 is 5.97 Å². The van der Waals surface area contributed by atoms with E-state index in [1.54, 1.807) is 0 Å². The summed E-state index contributed by atoms with van der Waals surface area (Å²) in [5.74, 6) is -1.93. The van der Waals surface area contributed by atoms with Crippen LogP contribution in [0.3, 0.4) is 0 Å². The number of anilines is 2. The number of rotatable bonds is 5. The highest BCUT2D eigenvalue weighted by Crippen LogP contribution is 2.35. The van der Waals surface area contributed by atoms with Crippen molar-refractivity contribution >= 4 is 34.8 Å². The second-order valence-corrected chi connectivity index (χ2v) is 6.02. The van der Waals surface area contributed by atoms with Gasteiger partial charge in [0.15, 0.2) is 6.10 Å². The van der Waals surface area contributed by atoms with Crippen LogP contribution < -0.4 is 15.0 Å². The Hall–Kier alpha value is -3.95. The van der Waals surface area contributed by atoms with Crippen LogP contribution >= 0.6 is 0 Å². The number of non-ortho nitro benzene ring substituents is 1. The predicted octanol–water partition coefficient (Wildman–Crippen LogP) is 2.05. The van der Waals surface area contributed by atoms with Gasteiger partial charge in [-0.25, -0.2) is 4.79 Å². The molecule has 1 unspecified atom stereocenters. The predicted molar refractivity (Wildman–Crippen MR) is 97.6 cm³/mol. The quantitative estimate of drug-likeness (QED) is 0.593. The summed E-state index contributed by atoms with van der Waals surface area (Å²) in [6.07, 6.45) is -0.838. The first kappa shape index (κ1) is 18.8. The van der Waals surface area contributed by atoms with E-state index in [2.05, 4.69) is 5.32 Å². The number of carbonyl (C=O) groups excluding carboxylic acids is 2. The summed E-state index contributed by atoms with van der Waals surface area (Å²) < 4.78 is 5.46. The fourth-order valence-corrected chi connectivity index (χ4v) is 2.71. The number of nitro benzene ring substituents is 1. The number of hydrogen-bond donors (Lipinski definition) is 2. The number of hydrogen-bond acceptors (Lipinski definition) is 6. The van der Waals surface area contributed by atoms with E-state index >= 15 is 0 Å². The molecule has 0 aromatic heterocycles. The van der Waals surface area contributed by atoms with Gasteiger partial charge in [-0.2, -0.15) is 0 Å². The van der Waals surface area contributed by atoms with Gasteiger partial charge in [0.1, 0.15) is 12.3 Å². The van der Waals surface area contributed by atoms with Crippen LogP contribution in [0.4, 0.5) is 17.1 Å². The topological polar surface area (TPSA) is 139 Å². The maximum atomic E-state index is 12.5. The van der Waals surface area contributed by atoms with E-state index in [4.69, 9.17) is 9.84 Å². The van der Waals surface area contributed by atoms with Gasteiger partial charge in [-0.3, -0.25) is 24.6 Å². The first-order chi connectivity index (χ1) is 13.3. The Labute approximate surface area is 158 Å². The number of fused-ring (bicyclic) bond motifs is 1. The number of benzene rings is 2. The number of carboxylic acids is 1. The molecule has 10 heteroatoms. The fourth-order valence-electron chi connectivity index (χ4n) is 2.71.